The molecule has 0 amide bonds. The standard InChI is InChI=1S/C14H16O4/c1-3-4-12(9-13(15)16)10-5-7-11(8-6-10)14(17)18-2/h5-9H,3-4H2,1-2H3,(H,15,16)/b12-9+. The van der Waals surface area contributed by atoms with Crippen LogP contribution in [0.4, 0.5) is 0 Å². The Morgan fingerprint density at radius 1 is 1.22 bits per heavy atom. The van der Waals surface area contributed by atoms with Gasteiger partial charge in [0, 0.05) is 6.08 Å². The molecule has 0 aliphatic carbocycles. The summed E-state index contributed by atoms with van der Waals surface area (Å²) in [5, 5.41) is 8.80. The number of methoxy groups -OCH3 is 1. The number of aliphatic carboxylic acids is 1. The second kappa shape index (κ2) is 6.59. The third kappa shape index (κ3) is 3.73. The molecule has 96 valence electrons. The lowest BCUT2D eigenvalue weighted by Gasteiger charge is -2.06. The van der Waals surface area contributed by atoms with Gasteiger partial charge < -0.3 is 9.84 Å². The van der Waals surface area contributed by atoms with Crippen molar-refractivity contribution in [1.82, 2.24) is 0 Å². The van der Waals surface area contributed by atoms with E-state index in [0.717, 1.165) is 17.6 Å². The van der Waals surface area contributed by atoms with E-state index in [4.69, 9.17) is 5.11 Å². The van der Waals surface area contributed by atoms with Gasteiger partial charge in [-0.05, 0) is 29.7 Å². The summed E-state index contributed by atoms with van der Waals surface area (Å²) in [4.78, 5) is 22.0. The van der Waals surface area contributed by atoms with Gasteiger partial charge in [-0.3, -0.25) is 0 Å². The van der Waals surface area contributed by atoms with E-state index in [2.05, 4.69) is 4.74 Å². The van der Waals surface area contributed by atoms with Crippen LogP contribution in [0.5, 0.6) is 0 Å². The number of esters is 1. The Balaban J connectivity index is 3.01. The summed E-state index contributed by atoms with van der Waals surface area (Å²) in [6.45, 7) is 1.98. The van der Waals surface area contributed by atoms with Crippen LogP contribution in [0.2, 0.25) is 0 Å². The lowest BCUT2D eigenvalue weighted by molar-refractivity contribution is -0.131. The molecule has 0 saturated carbocycles. The van der Waals surface area contributed by atoms with Gasteiger partial charge in [-0.1, -0.05) is 25.5 Å². The third-order valence-corrected chi connectivity index (χ3v) is 2.49. The summed E-state index contributed by atoms with van der Waals surface area (Å²) in [7, 11) is 1.32. The molecular weight excluding hydrogens is 232 g/mol. The summed E-state index contributed by atoms with van der Waals surface area (Å²) in [5.74, 6) is -1.36. The highest BCUT2D eigenvalue weighted by molar-refractivity contribution is 5.92. The second-order valence-electron chi connectivity index (χ2n) is 3.83. The summed E-state index contributed by atoms with van der Waals surface area (Å²) in [6, 6.07) is 6.73. The van der Waals surface area contributed by atoms with E-state index >= 15 is 0 Å². The first-order valence-electron chi connectivity index (χ1n) is 5.70. The molecule has 1 aromatic rings. The van der Waals surface area contributed by atoms with Crippen LogP contribution < -0.4 is 0 Å². The first-order chi connectivity index (χ1) is 8.58. The SMILES string of the molecule is CCC/C(=C\C(=O)O)c1ccc(C(=O)OC)cc1. The number of carboxylic acid groups (broad SMARTS) is 1. The average Bonchev–Trinajstić information content (AvgIpc) is 2.37. The van der Waals surface area contributed by atoms with Gasteiger partial charge in [-0.25, -0.2) is 9.59 Å². The fraction of sp³-hybridized carbons (Fsp3) is 0.286. The number of ether oxygens (including phenoxy) is 1. The predicted molar refractivity (Wildman–Crippen MR) is 68.3 cm³/mol. The van der Waals surface area contributed by atoms with Crippen molar-refractivity contribution in [2.45, 2.75) is 19.8 Å². The normalized spacial score (nSPS) is 11.1. The minimum Gasteiger partial charge on any atom is -0.478 e. The molecule has 0 heterocycles. The molecule has 4 heteroatoms. The lowest BCUT2D eigenvalue weighted by atomic mass is 10.00. The Morgan fingerprint density at radius 2 is 1.78 bits per heavy atom. The molecule has 0 bridgehead atoms. The maximum atomic E-state index is 11.3. The van der Waals surface area contributed by atoms with Crippen molar-refractivity contribution in [3.05, 3.63) is 41.5 Å². The van der Waals surface area contributed by atoms with Gasteiger partial charge in [-0.2, -0.15) is 0 Å². The predicted octanol–water partition coefficient (Wildman–Crippen LogP) is 2.74. The fourth-order valence-electron chi connectivity index (χ4n) is 1.66. The topological polar surface area (TPSA) is 63.6 Å². The van der Waals surface area contributed by atoms with E-state index in [1.165, 1.54) is 13.2 Å². The molecule has 0 aliphatic heterocycles. The highest BCUT2D eigenvalue weighted by Gasteiger charge is 2.07. The molecule has 4 nitrogen and oxygen atoms in total. The van der Waals surface area contributed by atoms with Gasteiger partial charge in [0.25, 0.3) is 0 Å². The Hall–Kier alpha value is -2.10. The third-order valence-electron chi connectivity index (χ3n) is 2.49. The molecule has 18 heavy (non-hydrogen) atoms. The highest BCUT2D eigenvalue weighted by Crippen LogP contribution is 2.20. The molecule has 0 spiro atoms. The minimum atomic E-state index is -0.963. The quantitative estimate of drug-likeness (QED) is 0.642. The first-order valence-corrected chi connectivity index (χ1v) is 5.70. The van der Waals surface area contributed by atoms with Crippen molar-refractivity contribution in [2.75, 3.05) is 7.11 Å². The van der Waals surface area contributed by atoms with E-state index in [-0.39, 0.29) is 0 Å². The van der Waals surface area contributed by atoms with Gasteiger partial charge >= 0.3 is 11.9 Å². The first kappa shape index (κ1) is 14.0. The maximum Gasteiger partial charge on any atom is 0.337 e. The molecule has 0 saturated heterocycles. The zero-order valence-electron chi connectivity index (χ0n) is 10.5. The van der Waals surface area contributed by atoms with Gasteiger partial charge in [-0.15, -0.1) is 0 Å². The van der Waals surface area contributed by atoms with Crippen molar-refractivity contribution in [3.8, 4) is 0 Å². The van der Waals surface area contributed by atoms with Gasteiger partial charge in [0.1, 0.15) is 0 Å². The average molecular weight is 248 g/mol. The molecule has 1 aromatic carbocycles. The van der Waals surface area contributed by atoms with E-state index < -0.39 is 11.9 Å². The molecule has 0 atom stereocenters. The number of hydrogen-bond acceptors (Lipinski definition) is 3. The number of carboxylic acids is 1. The van der Waals surface area contributed by atoms with Crippen LogP contribution in [0.3, 0.4) is 0 Å². The van der Waals surface area contributed by atoms with Crippen molar-refractivity contribution in [3.63, 3.8) is 0 Å². The molecular formula is C14H16O4. The smallest absolute Gasteiger partial charge is 0.337 e. The van der Waals surface area contributed by atoms with Crippen LogP contribution in [0.25, 0.3) is 5.57 Å². The lowest BCUT2D eigenvalue weighted by Crippen LogP contribution is -2.01. The van der Waals surface area contributed by atoms with Gasteiger partial charge in [0.05, 0.1) is 12.7 Å². The van der Waals surface area contributed by atoms with E-state index in [9.17, 15) is 9.59 Å². The Kier molecular flexibility index (Phi) is 5.11. The van der Waals surface area contributed by atoms with Crippen LogP contribution in [-0.2, 0) is 9.53 Å². The van der Waals surface area contributed by atoms with Crippen LogP contribution in [0.1, 0.15) is 35.7 Å². The van der Waals surface area contributed by atoms with Crippen molar-refractivity contribution in [1.29, 1.82) is 0 Å². The summed E-state index contributed by atoms with van der Waals surface area (Å²) >= 11 is 0. The fourth-order valence-corrected chi connectivity index (χ4v) is 1.66. The highest BCUT2D eigenvalue weighted by atomic mass is 16.5. The zero-order chi connectivity index (χ0) is 13.5. The summed E-state index contributed by atoms with van der Waals surface area (Å²) in [6.07, 6.45) is 2.75. The number of carbonyl (C=O) groups excluding carboxylic acids is 1. The second-order valence-corrected chi connectivity index (χ2v) is 3.83. The van der Waals surface area contributed by atoms with Crippen LogP contribution in [0, 0.1) is 0 Å². The molecule has 1 N–H and O–H groups in total. The number of rotatable bonds is 5. The van der Waals surface area contributed by atoms with Crippen molar-refractivity contribution < 1.29 is 19.4 Å². The van der Waals surface area contributed by atoms with Crippen LogP contribution in [0.15, 0.2) is 30.3 Å². The molecule has 0 fully saturated rings. The number of hydrogen-bond donors (Lipinski definition) is 1. The zero-order valence-corrected chi connectivity index (χ0v) is 10.5. The Labute approximate surface area is 106 Å². The Morgan fingerprint density at radius 3 is 2.22 bits per heavy atom. The monoisotopic (exact) mass is 248 g/mol. The molecule has 0 aliphatic rings. The van der Waals surface area contributed by atoms with Gasteiger partial charge in [0.15, 0.2) is 0 Å². The Bertz CT molecular complexity index is 457. The number of allylic oxidation sites excluding steroid dienone is 1. The van der Waals surface area contributed by atoms with Gasteiger partial charge in [0.2, 0.25) is 0 Å². The van der Waals surface area contributed by atoms with E-state index in [0.29, 0.717) is 12.0 Å². The summed E-state index contributed by atoms with van der Waals surface area (Å²) in [5.41, 5.74) is 2.01. The maximum absolute atomic E-state index is 11.3. The molecule has 0 unspecified atom stereocenters. The van der Waals surface area contributed by atoms with Crippen molar-refractivity contribution in [2.24, 2.45) is 0 Å². The molecule has 0 aromatic heterocycles. The largest absolute Gasteiger partial charge is 0.478 e. The minimum absolute atomic E-state index is 0.402. The van der Waals surface area contributed by atoms with E-state index in [1.54, 1.807) is 24.3 Å². The number of benzene rings is 1. The van der Waals surface area contributed by atoms with Crippen LogP contribution in [-0.4, -0.2) is 24.2 Å². The van der Waals surface area contributed by atoms with Crippen molar-refractivity contribution >= 4 is 17.5 Å². The number of carbonyl (C=O) groups is 2. The summed E-state index contributed by atoms with van der Waals surface area (Å²) < 4.78 is 4.60. The van der Waals surface area contributed by atoms with Crippen LogP contribution >= 0.6 is 0 Å². The molecule has 1 rings (SSSR count). The molecule has 0 radical (unpaired) electrons. The van der Waals surface area contributed by atoms with E-state index in [1.807, 2.05) is 6.92 Å².